The van der Waals surface area contributed by atoms with Gasteiger partial charge in [0.25, 0.3) is 0 Å². The fourth-order valence-electron chi connectivity index (χ4n) is 3.39. The number of hydrogen-bond acceptors (Lipinski definition) is 2. The van der Waals surface area contributed by atoms with Gasteiger partial charge < -0.3 is 15.3 Å². The first-order valence-electron chi connectivity index (χ1n) is 8.23. The van der Waals surface area contributed by atoms with Gasteiger partial charge in [0.1, 0.15) is 0 Å². The van der Waals surface area contributed by atoms with E-state index in [4.69, 9.17) is 0 Å². The molecule has 0 aromatic rings. The van der Waals surface area contributed by atoms with Crippen LogP contribution in [0.25, 0.3) is 0 Å². The summed E-state index contributed by atoms with van der Waals surface area (Å²) in [5.74, 6) is -0.702. The monoisotopic (exact) mass is 296 g/mol. The molecule has 2 fully saturated rings. The lowest BCUT2D eigenvalue weighted by atomic mass is 9.75. The Balaban J connectivity index is 1.82. The van der Waals surface area contributed by atoms with Crippen LogP contribution in [0.5, 0.6) is 0 Å². The third-order valence-electron chi connectivity index (χ3n) is 5.51. The molecule has 5 heteroatoms. The molecule has 0 bridgehead atoms. The Bertz CT molecular complexity index is 396. The first-order chi connectivity index (χ1) is 9.97. The molecule has 0 radical (unpaired) electrons. The van der Waals surface area contributed by atoms with E-state index in [2.05, 4.69) is 12.2 Å². The summed E-state index contributed by atoms with van der Waals surface area (Å²) in [5.41, 5.74) is -0.273. The molecule has 0 aromatic heterocycles. The lowest BCUT2D eigenvalue weighted by molar-refractivity contribution is -0.152. The number of carbonyl (C=O) groups is 2. The van der Waals surface area contributed by atoms with Gasteiger partial charge in [0.05, 0.1) is 5.41 Å². The van der Waals surface area contributed by atoms with Crippen molar-refractivity contribution >= 4 is 12.0 Å². The first kappa shape index (κ1) is 16.1. The van der Waals surface area contributed by atoms with E-state index < -0.39 is 11.4 Å². The van der Waals surface area contributed by atoms with Crippen molar-refractivity contribution in [2.24, 2.45) is 10.8 Å². The SMILES string of the molecule is CCCC1(C(=O)O)CCN(C(=O)NCC2(CC)CC2)CC1. The zero-order chi connectivity index (χ0) is 15.5. The summed E-state index contributed by atoms with van der Waals surface area (Å²) in [6.45, 7) is 6.06. The average molecular weight is 296 g/mol. The van der Waals surface area contributed by atoms with Crippen LogP contribution in [0.4, 0.5) is 4.79 Å². The Morgan fingerprint density at radius 2 is 1.76 bits per heavy atom. The summed E-state index contributed by atoms with van der Waals surface area (Å²) in [7, 11) is 0. The van der Waals surface area contributed by atoms with Crippen LogP contribution in [0.3, 0.4) is 0 Å². The van der Waals surface area contributed by atoms with Gasteiger partial charge in [0.15, 0.2) is 0 Å². The highest BCUT2D eigenvalue weighted by Crippen LogP contribution is 2.47. The Kier molecular flexibility index (Phi) is 4.79. The quantitative estimate of drug-likeness (QED) is 0.792. The molecule has 2 amide bonds. The molecule has 1 saturated heterocycles. The minimum absolute atomic E-state index is 0.0230. The normalized spacial score (nSPS) is 22.7. The second kappa shape index (κ2) is 6.24. The van der Waals surface area contributed by atoms with Crippen molar-refractivity contribution in [3.05, 3.63) is 0 Å². The number of likely N-dealkylation sites (tertiary alicyclic amines) is 1. The molecule has 21 heavy (non-hydrogen) atoms. The van der Waals surface area contributed by atoms with Gasteiger partial charge in [-0.25, -0.2) is 4.79 Å². The smallest absolute Gasteiger partial charge is 0.317 e. The zero-order valence-corrected chi connectivity index (χ0v) is 13.3. The van der Waals surface area contributed by atoms with Crippen LogP contribution < -0.4 is 5.32 Å². The number of carbonyl (C=O) groups excluding carboxylic acids is 1. The highest BCUT2D eigenvalue weighted by molar-refractivity contribution is 5.77. The van der Waals surface area contributed by atoms with Crippen LogP contribution in [-0.4, -0.2) is 41.6 Å². The summed E-state index contributed by atoms with van der Waals surface area (Å²) in [5, 5.41) is 12.5. The number of hydrogen-bond donors (Lipinski definition) is 2. The number of urea groups is 1. The first-order valence-corrected chi connectivity index (χ1v) is 8.23. The summed E-state index contributed by atoms with van der Waals surface area (Å²) >= 11 is 0. The minimum Gasteiger partial charge on any atom is -0.481 e. The topological polar surface area (TPSA) is 69.6 Å². The summed E-state index contributed by atoms with van der Waals surface area (Å²) in [6.07, 6.45) is 6.26. The van der Waals surface area contributed by atoms with Crippen LogP contribution >= 0.6 is 0 Å². The number of carboxylic acid groups (broad SMARTS) is 1. The molecule has 0 aromatic carbocycles. The summed E-state index contributed by atoms with van der Waals surface area (Å²) < 4.78 is 0. The number of carboxylic acids is 1. The molecule has 2 rings (SSSR count). The lowest BCUT2D eigenvalue weighted by Gasteiger charge is -2.39. The molecule has 1 aliphatic carbocycles. The standard InChI is InChI=1S/C16H28N2O3/c1-3-5-16(13(19)20)8-10-18(11-9-16)14(21)17-12-15(4-2)6-7-15/h3-12H2,1-2H3,(H,17,21)(H,19,20). The van der Waals surface area contributed by atoms with Crippen LogP contribution in [0.2, 0.25) is 0 Å². The van der Waals surface area contributed by atoms with E-state index >= 15 is 0 Å². The highest BCUT2D eigenvalue weighted by atomic mass is 16.4. The van der Waals surface area contributed by atoms with E-state index in [9.17, 15) is 14.7 Å². The largest absolute Gasteiger partial charge is 0.481 e. The second-order valence-electron chi connectivity index (χ2n) is 6.83. The Hall–Kier alpha value is -1.26. The van der Waals surface area contributed by atoms with Crippen LogP contribution in [0, 0.1) is 10.8 Å². The van der Waals surface area contributed by atoms with Crippen molar-refractivity contribution < 1.29 is 14.7 Å². The van der Waals surface area contributed by atoms with E-state index in [-0.39, 0.29) is 6.03 Å². The molecule has 1 saturated carbocycles. The van der Waals surface area contributed by atoms with Gasteiger partial charge in [-0.2, -0.15) is 0 Å². The zero-order valence-electron chi connectivity index (χ0n) is 13.3. The molecule has 1 heterocycles. The van der Waals surface area contributed by atoms with Gasteiger partial charge in [0, 0.05) is 19.6 Å². The minimum atomic E-state index is -0.702. The molecule has 1 aliphatic heterocycles. The highest BCUT2D eigenvalue weighted by Gasteiger charge is 2.43. The molecule has 2 aliphatic rings. The van der Waals surface area contributed by atoms with Crippen molar-refractivity contribution in [1.29, 1.82) is 0 Å². The average Bonchev–Trinajstić information content (AvgIpc) is 3.26. The van der Waals surface area contributed by atoms with Gasteiger partial charge in [-0.15, -0.1) is 0 Å². The van der Waals surface area contributed by atoms with Crippen LogP contribution in [0.1, 0.15) is 58.8 Å². The number of piperidine rings is 1. The van der Waals surface area contributed by atoms with Crippen LogP contribution in [-0.2, 0) is 4.79 Å². The number of rotatable bonds is 6. The number of aliphatic carboxylic acids is 1. The van der Waals surface area contributed by atoms with E-state index in [0.29, 0.717) is 37.8 Å². The van der Waals surface area contributed by atoms with Crippen molar-refractivity contribution in [1.82, 2.24) is 10.2 Å². The fraction of sp³-hybridized carbons (Fsp3) is 0.875. The molecule has 2 N–H and O–H groups in total. The van der Waals surface area contributed by atoms with Gasteiger partial charge in [0.2, 0.25) is 0 Å². The van der Waals surface area contributed by atoms with Gasteiger partial charge in [-0.1, -0.05) is 20.3 Å². The number of nitrogens with one attached hydrogen (secondary N) is 1. The van der Waals surface area contributed by atoms with Crippen molar-refractivity contribution in [3.8, 4) is 0 Å². The Morgan fingerprint density at radius 1 is 1.14 bits per heavy atom. The molecular formula is C16H28N2O3. The predicted molar refractivity (Wildman–Crippen MR) is 81.1 cm³/mol. The number of amides is 2. The fourth-order valence-corrected chi connectivity index (χ4v) is 3.39. The predicted octanol–water partition coefficient (Wildman–Crippen LogP) is 2.85. The van der Waals surface area contributed by atoms with Gasteiger partial charge in [-0.05, 0) is 43.9 Å². The molecular weight excluding hydrogens is 268 g/mol. The maximum Gasteiger partial charge on any atom is 0.317 e. The van der Waals surface area contributed by atoms with E-state index in [0.717, 1.165) is 19.4 Å². The third-order valence-corrected chi connectivity index (χ3v) is 5.51. The van der Waals surface area contributed by atoms with Crippen LogP contribution in [0.15, 0.2) is 0 Å². The molecule has 0 atom stereocenters. The third kappa shape index (κ3) is 3.50. The molecule has 0 unspecified atom stereocenters. The molecule has 0 spiro atoms. The van der Waals surface area contributed by atoms with Crippen molar-refractivity contribution in [3.63, 3.8) is 0 Å². The van der Waals surface area contributed by atoms with Crippen molar-refractivity contribution in [2.45, 2.75) is 58.8 Å². The molecule has 120 valence electrons. The Labute approximate surface area is 127 Å². The van der Waals surface area contributed by atoms with Gasteiger partial charge >= 0.3 is 12.0 Å². The second-order valence-corrected chi connectivity index (χ2v) is 6.83. The summed E-state index contributed by atoms with van der Waals surface area (Å²) in [6, 6.07) is -0.0230. The van der Waals surface area contributed by atoms with E-state index in [1.165, 1.54) is 12.8 Å². The number of nitrogens with zero attached hydrogens (tertiary/aromatic N) is 1. The lowest BCUT2D eigenvalue weighted by Crippen LogP contribution is -2.50. The van der Waals surface area contributed by atoms with Gasteiger partial charge in [-0.3, -0.25) is 4.79 Å². The van der Waals surface area contributed by atoms with E-state index in [1.807, 2.05) is 6.92 Å². The van der Waals surface area contributed by atoms with E-state index in [1.54, 1.807) is 4.90 Å². The van der Waals surface area contributed by atoms with Crippen molar-refractivity contribution in [2.75, 3.05) is 19.6 Å². The maximum atomic E-state index is 12.2. The summed E-state index contributed by atoms with van der Waals surface area (Å²) in [4.78, 5) is 25.5. The maximum absolute atomic E-state index is 12.2. The molecule has 5 nitrogen and oxygen atoms in total. The Morgan fingerprint density at radius 3 is 2.19 bits per heavy atom.